The molecule has 104 valence electrons. The Kier molecular flexibility index (Phi) is 5.36. The van der Waals surface area contributed by atoms with Crippen molar-refractivity contribution in [2.24, 2.45) is 0 Å². The molecule has 1 heterocycles. The molecule has 0 bridgehead atoms. The van der Waals surface area contributed by atoms with Gasteiger partial charge in [0, 0.05) is 19.2 Å². The first kappa shape index (κ1) is 14.0. The van der Waals surface area contributed by atoms with Crippen LogP contribution in [0.15, 0.2) is 30.3 Å². The molecule has 1 saturated heterocycles. The highest BCUT2D eigenvalue weighted by Crippen LogP contribution is 2.15. The molecule has 0 aliphatic carbocycles. The van der Waals surface area contributed by atoms with Gasteiger partial charge in [0.25, 0.3) is 0 Å². The van der Waals surface area contributed by atoms with Crippen LogP contribution in [0.3, 0.4) is 0 Å². The van der Waals surface area contributed by atoms with Crippen molar-refractivity contribution < 1.29 is 14.3 Å². The lowest BCUT2D eigenvalue weighted by Crippen LogP contribution is -2.42. The maximum Gasteiger partial charge on any atom is 0.335 e. The Morgan fingerprint density at radius 3 is 2.95 bits per heavy atom. The summed E-state index contributed by atoms with van der Waals surface area (Å²) in [6, 6.07) is 10.6. The second-order valence-corrected chi connectivity index (χ2v) is 4.70. The van der Waals surface area contributed by atoms with Gasteiger partial charge in [-0.2, -0.15) is 0 Å². The summed E-state index contributed by atoms with van der Waals surface area (Å²) >= 11 is 0. The van der Waals surface area contributed by atoms with Crippen LogP contribution in [-0.2, 0) is 20.8 Å². The molecule has 2 rings (SSSR count). The van der Waals surface area contributed by atoms with E-state index in [0.717, 1.165) is 13.0 Å². The van der Waals surface area contributed by atoms with Crippen LogP contribution < -0.4 is 5.32 Å². The van der Waals surface area contributed by atoms with Gasteiger partial charge in [-0.15, -0.1) is 0 Å². The second kappa shape index (κ2) is 7.26. The normalized spacial score (nSPS) is 23.0. The molecule has 1 N–H and O–H groups in total. The van der Waals surface area contributed by atoms with Crippen LogP contribution >= 0.6 is 0 Å². The van der Waals surface area contributed by atoms with E-state index < -0.39 is 6.10 Å². The first-order valence-corrected chi connectivity index (χ1v) is 6.85. The van der Waals surface area contributed by atoms with E-state index in [1.165, 1.54) is 5.56 Å². The lowest BCUT2D eigenvalue weighted by molar-refractivity contribution is -0.160. The number of nitrogens with one attached hydrogen (secondary N) is 1. The number of carbonyl (C=O) groups is 1. The van der Waals surface area contributed by atoms with E-state index in [1.807, 2.05) is 25.1 Å². The lowest BCUT2D eigenvalue weighted by atomic mass is 10.0. The Bertz CT molecular complexity index is 394. The molecule has 1 aromatic rings. The fourth-order valence-electron chi connectivity index (χ4n) is 2.24. The molecule has 1 fully saturated rings. The van der Waals surface area contributed by atoms with Gasteiger partial charge >= 0.3 is 5.97 Å². The van der Waals surface area contributed by atoms with Gasteiger partial charge in [-0.25, -0.2) is 4.79 Å². The van der Waals surface area contributed by atoms with Crippen molar-refractivity contribution in [1.29, 1.82) is 0 Å². The van der Waals surface area contributed by atoms with E-state index in [-0.39, 0.29) is 5.97 Å². The van der Waals surface area contributed by atoms with Crippen LogP contribution in [-0.4, -0.2) is 31.3 Å². The molecule has 0 radical (unpaired) electrons. The maximum atomic E-state index is 11.6. The topological polar surface area (TPSA) is 47.6 Å². The average molecular weight is 263 g/mol. The number of hydrogen-bond acceptors (Lipinski definition) is 4. The highest BCUT2D eigenvalue weighted by Gasteiger charge is 2.28. The minimum absolute atomic E-state index is 0.242. The summed E-state index contributed by atoms with van der Waals surface area (Å²) in [5.74, 6) is -0.242. The molecule has 19 heavy (non-hydrogen) atoms. The van der Waals surface area contributed by atoms with Crippen LogP contribution in [0.25, 0.3) is 0 Å². The van der Waals surface area contributed by atoms with Crippen molar-refractivity contribution in [3.63, 3.8) is 0 Å². The molecule has 4 nitrogen and oxygen atoms in total. The average Bonchev–Trinajstić information content (AvgIpc) is 2.47. The maximum absolute atomic E-state index is 11.6. The third-order valence-corrected chi connectivity index (χ3v) is 3.27. The first-order chi connectivity index (χ1) is 9.29. The predicted molar refractivity (Wildman–Crippen MR) is 72.7 cm³/mol. The number of carbonyl (C=O) groups excluding carboxylic acids is 1. The van der Waals surface area contributed by atoms with Gasteiger partial charge in [0.15, 0.2) is 6.10 Å². The Balaban J connectivity index is 1.79. The van der Waals surface area contributed by atoms with Crippen molar-refractivity contribution in [1.82, 2.24) is 5.32 Å². The molecule has 0 unspecified atom stereocenters. The molecule has 0 spiro atoms. The highest BCUT2D eigenvalue weighted by atomic mass is 16.6. The summed E-state index contributed by atoms with van der Waals surface area (Å²) in [4.78, 5) is 11.6. The Hall–Kier alpha value is -1.39. The minimum atomic E-state index is -0.415. The van der Waals surface area contributed by atoms with Gasteiger partial charge in [-0.3, -0.25) is 0 Å². The number of ether oxygens (including phenoxy) is 2. The van der Waals surface area contributed by atoms with E-state index in [9.17, 15) is 4.79 Å². The molecule has 1 aliphatic heterocycles. The zero-order valence-corrected chi connectivity index (χ0v) is 11.3. The largest absolute Gasteiger partial charge is 0.464 e. The van der Waals surface area contributed by atoms with Crippen molar-refractivity contribution in [3.8, 4) is 0 Å². The Morgan fingerprint density at radius 2 is 2.21 bits per heavy atom. The minimum Gasteiger partial charge on any atom is -0.464 e. The van der Waals surface area contributed by atoms with Crippen LogP contribution in [0, 0.1) is 0 Å². The summed E-state index contributed by atoms with van der Waals surface area (Å²) in [7, 11) is 0. The molecule has 2 atom stereocenters. The van der Waals surface area contributed by atoms with Gasteiger partial charge in [0.1, 0.15) is 0 Å². The third-order valence-electron chi connectivity index (χ3n) is 3.27. The lowest BCUT2D eigenvalue weighted by Gasteiger charge is -2.28. The SMILES string of the molecule is CCOC(=O)[C@@H]1C[C@@H](NCc2ccccc2)CCO1. The Labute approximate surface area is 114 Å². The fourth-order valence-corrected chi connectivity index (χ4v) is 2.24. The zero-order valence-electron chi connectivity index (χ0n) is 11.3. The van der Waals surface area contributed by atoms with Crippen molar-refractivity contribution in [3.05, 3.63) is 35.9 Å². The van der Waals surface area contributed by atoms with E-state index in [2.05, 4.69) is 17.4 Å². The van der Waals surface area contributed by atoms with E-state index >= 15 is 0 Å². The molecule has 0 amide bonds. The summed E-state index contributed by atoms with van der Waals surface area (Å²) in [6.45, 7) is 3.64. The highest BCUT2D eigenvalue weighted by molar-refractivity contribution is 5.74. The summed E-state index contributed by atoms with van der Waals surface area (Å²) in [5.41, 5.74) is 1.25. The van der Waals surface area contributed by atoms with E-state index in [4.69, 9.17) is 9.47 Å². The number of rotatable bonds is 5. The monoisotopic (exact) mass is 263 g/mol. The standard InChI is InChI=1S/C15H21NO3/c1-2-18-15(17)14-10-13(8-9-19-14)16-11-12-6-4-3-5-7-12/h3-7,13-14,16H,2,8-11H2,1H3/t13-,14-/m0/s1. The van der Waals surface area contributed by atoms with Crippen LogP contribution in [0.2, 0.25) is 0 Å². The van der Waals surface area contributed by atoms with Crippen molar-refractivity contribution >= 4 is 5.97 Å². The van der Waals surface area contributed by atoms with Crippen LogP contribution in [0.4, 0.5) is 0 Å². The fraction of sp³-hybridized carbons (Fsp3) is 0.533. The quantitative estimate of drug-likeness (QED) is 0.824. The summed E-state index contributed by atoms with van der Waals surface area (Å²) in [5, 5.41) is 3.48. The summed E-state index contributed by atoms with van der Waals surface area (Å²) in [6.07, 6.45) is 1.20. The van der Waals surface area contributed by atoms with Crippen LogP contribution in [0.1, 0.15) is 25.3 Å². The third kappa shape index (κ3) is 4.33. The van der Waals surface area contributed by atoms with E-state index in [1.54, 1.807) is 0 Å². The predicted octanol–water partition coefficient (Wildman–Crippen LogP) is 1.89. The van der Waals surface area contributed by atoms with Gasteiger partial charge in [0.05, 0.1) is 6.61 Å². The molecular formula is C15H21NO3. The molecular weight excluding hydrogens is 242 g/mol. The zero-order chi connectivity index (χ0) is 13.5. The Morgan fingerprint density at radius 1 is 1.42 bits per heavy atom. The smallest absolute Gasteiger partial charge is 0.335 e. The van der Waals surface area contributed by atoms with E-state index in [0.29, 0.717) is 25.7 Å². The van der Waals surface area contributed by atoms with Crippen molar-refractivity contribution in [2.75, 3.05) is 13.2 Å². The first-order valence-electron chi connectivity index (χ1n) is 6.85. The van der Waals surface area contributed by atoms with Gasteiger partial charge in [-0.05, 0) is 25.3 Å². The van der Waals surface area contributed by atoms with Gasteiger partial charge < -0.3 is 14.8 Å². The van der Waals surface area contributed by atoms with Crippen LogP contribution in [0.5, 0.6) is 0 Å². The number of hydrogen-bond donors (Lipinski definition) is 1. The van der Waals surface area contributed by atoms with Gasteiger partial charge in [-0.1, -0.05) is 30.3 Å². The molecule has 0 aromatic heterocycles. The molecule has 1 aromatic carbocycles. The summed E-state index contributed by atoms with van der Waals surface area (Å²) < 4.78 is 10.5. The van der Waals surface area contributed by atoms with Gasteiger partial charge in [0.2, 0.25) is 0 Å². The second-order valence-electron chi connectivity index (χ2n) is 4.70. The molecule has 0 saturated carbocycles. The van der Waals surface area contributed by atoms with Crippen molar-refractivity contribution in [2.45, 2.75) is 38.5 Å². The number of esters is 1. The number of benzene rings is 1. The molecule has 1 aliphatic rings. The molecule has 4 heteroatoms.